The number of carbonyl (C=O) groups is 1. The van der Waals surface area contributed by atoms with E-state index in [1.165, 1.54) is 18.7 Å². The van der Waals surface area contributed by atoms with Gasteiger partial charge in [-0.15, -0.1) is 0 Å². The number of carboxylic acids is 1. The smallest absolute Gasteiger partial charge is 0.354 e. The molecule has 1 aromatic heterocycles. The number of aryl methyl sites for hydroxylation is 2. The van der Waals surface area contributed by atoms with E-state index in [0.717, 1.165) is 11.1 Å². The second-order valence-electron chi connectivity index (χ2n) is 4.38. The molecule has 19 heavy (non-hydrogen) atoms. The summed E-state index contributed by atoms with van der Waals surface area (Å²) in [6, 6.07) is 9.05. The number of methoxy groups -OCH3 is 1. The highest BCUT2D eigenvalue weighted by Crippen LogP contribution is 2.25. The highest BCUT2D eigenvalue weighted by atomic mass is 16.5. The maximum atomic E-state index is 11.1. The van der Waals surface area contributed by atoms with E-state index >= 15 is 0 Å². The molecule has 1 heterocycles. The lowest BCUT2D eigenvalue weighted by Gasteiger charge is -2.08. The Hall–Kier alpha value is -2.36. The molecule has 2 rings (SSSR count). The minimum absolute atomic E-state index is 0.0208. The maximum absolute atomic E-state index is 11.1. The largest absolute Gasteiger partial charge is 0.497 e. The summed E-state index contributed by atoms with van der Waals surface area (Å²) in [7, 11) is 1.51. The SMILES string of the molecule is COc1cc(C(=O)O)nc(-c2ccc(C)c(C)c2)c1. The van der Waals surface area contributed by atoms with Crippen LogP contribution in [0.15, 0.2) is 30.3 Å². The van der Waals surface area contributed by atoms with E-state index in [-0.39, 0.29) is 5.69 Å². The standard InChI is InChI=1S/C15H15NO3/c1-9-4-5-11(6-10(9)2)13-7-12(19-3)8-14(16-13)15(17)18/h4-8H,1-3H3,(H,17,18). The first-order valence-corrected chi connectivity index (χ1v) is 5.88. The summed E-state index contributed by atoms with van der Waals surface area (Å²) in [4.78, 5) is 15.2. The number of rotatable bonds is 3. The predicted octanol–water partition coefficient (Wildman–Crippen LogP) is 3.07. The zero-order valence-electron chi connectivity index (χ0n) is 11.1. The first-order valence-electron chi connectivity index (χ1n) is 5.88. The molecular formula is C15H15NO3. The molecule has 0 saturated heterocycles. The third-order valence-electron chi connectivity index (χ3n) is 3.06. The highest BCUT2D eigenvalue weighted by Gasteiger charge is 2.11. The topological polar surface area (TPSA) is 59.4 Å². The molecule has 0 fully saturated rings. The first kappa shape index (κ1) is 13.1. The quantitative estimate of drug-likeness (QED) is 0.918. The Bertz CT molecular complexity index is 635. The lowest BCUT2D eigenvalue weighted by molar-refractivity contribution is 0.0690. The zero-order chi connectivity index (χ0) is 14.0. The van der Waals surface area contributed by atoms with Crippen molar-refractivity contribution in [3.05, 3.63) is 47.2 Å². The Morgan fingerprint density at radius 1 is 1.16 bits per heavy atom. The van der Waals surface area contributed by atoms with Crippen molar-refractivity contribution in [2.45, 2.75) is 13.8 Å². The van der Waals surface area contributed by atoms with Gasteiger partial charge in [0.2, 0.25) is 0 Å². The molecule has 0 bridgehead atoms. The van der Waals surface area contributed by atoms with Gasteiger partial charge in [0.25, 0.3) is 0 Å². The summed E-state index contributed by atoms with van der Waals surface area (Å²) in [6.07, 6.45) is 0. The molecule has 0 saturated carbocycles. The number of aromatic nitrogens is 1. The highest BCUT2D eigenvalue weighted by molar-refractivity contribution is 5.86. The van der Waals surface area contributed by atoms with Gasteiger partial charge in [0.15, 0.2) is 5.69 Å². The lowest BCUT2D eigenvalue weighted by Crippen LogP contribution is -2.02. The van der Waals surface area contributed by atoms with Crippen LogP contribution in [0.3, 0.4) is 0 Å². The number of hydrogen-bond donors (Lipinski definition) is 1. The Labute approximate surface area is 111 Å². The molecule has 4 heteroatoms. The third-order valence-corrected chi connectivity index (χ3v) is 3.06. The Kier molecular flexibility index (Phi) is 3.51. The van der Waals surface area contributed by atoms with Crippen molar-refractivity contribution in [2.75, 3.05) is 7.11 Å². The number of nitrogens with zero attached hydrogens (tertiary/aromatic N) is 1. The predicted molar refractivity (Wildman–Crippen MR) is 72.7 cm³/mol. The third kappa shape index (κ3) is 2.73. The Balaban J connectivity index is 2.57. The number of carboxylic acid groups (broad SMARTS) is 1. The van der Waals surface area contributed by atoms with Crippen molar-refractivity contribution in [1.29, 1.82) is 0 Å². The number of pyridine rings is 1. The van der Waals surface area contributed by atoms with Crippen molar-refractivity contribution in [3.63, 3.8) is 0 Å². The fourth-order valence-corrected chi connectivity index (χ4v) is 1.78. The van der Waals surface area contributed by atoms with Crippen LogP contribution in [0.2, 0.25) is 0 Å². The van der Waals surface area contributed by atoms with Crippen LogP contribution in [-0.2, 0) is 0 Å². The van der Waals surface area contributed by atoms with Gasteiger partial charge in [0, 0.05) is 17.7 Å². The van der Waals surface area contributed by atoms with Crippen LogP contribution in [-0.4, -0.2) is 23.2 Å². The summed E-state index contributed by atoms with van der Waals surface area (Å²) in [5, 5.41) is 9.06. The number of hydrogen-bond acceptors (Lipinski definition) is 3. The maximum Gasteiger partial charge on any atom is 0.354 e. The zero-order valence-corrected chi connectivity index (χ0v) is 11.1. The average molecular weight is 257 g/mol. The van der Waals surface area contributed by atoms with E-state index in [1.807, 2.05) is 32.0 Å². The summed E-state index contributed by atoms with van der Waals surface area (Å²) in [5.41, 5.74) is 3.78. The fraction of sp³-hybridized carbons (Fsp3) is 0.200. The van der Waals surface area contributed by atoms with Gasteiger partial charge in [-0.3, -0.25) is 0 Å². The normalized spacial score (nSPS) is 10.3. The first-order chi connectivity index (χ1) is 9.01. The van der Waals surface area contributed by atoms with Gasteiger partial charge in [-0.1, -0.05) is 12.1 Å². The van der Waals surface area contributed by atoms with E-state index in [0.29, 0.717) is 11.4 Å². The summed E-state index contributed by atoms with van der Waals surface area (Å²) >= 11 is 0. The van der Waals surface area contributed by atoms with Gasteiger partial charge < -0.3 is 9.84 Å². The molecule has 4 nitrogen and oxygen atoms in total. The van der Waals surface area contributed by atoms with Gasteiger partial charge in [-0.25, -0.2) is 9.78 Å². The van der Waals surface area contributed by atoms with Crippen LogP contribution >= 0.6 is 0 Å². The fourth-order valence-electron chi connectivity index (χ4n) is 1.78. The van der Waals surface area contributed by atoms with Crippen LogP contribution < -0.4 is 4.74 Å². The number of aromatic carboxylic acids is 1. The van der Waals surface area contributed by atoms with Crippen LogP contribution in [0.25, 0.3) is 11.3 Å². The second kappa shape index (κ2) is 5.10. The van der Waals surface area contributed by atoms with Crippen molar-refractivity contribution in [2.24, 2.45) is 0 Å². The molecule has 0 aliphatic carbocycles. The van der Waals surface area contributed by atoms with Gasteiger partial charge in [-0.05, 0) is 31.0 Å². The minimum Gasteiger partial charge on any atom is -0.497 e. The molecule has 0 radical (unpaired) electrons. The summed E-state index contributed by atoms with van der Waals surface area (Å²) in [5.74, 6) is -0.579. The molecule has 98 valence electrons. The van der Waals surface area contributed by atoms with E-state index in [1.54, 1.807) is 6.07 Å². The van der Waals surface area contributed by atoms with Crippen LogP contribution in [0.5, 0.6) is 5.75 Å². The van der Waals surface area contributed by atoms with Gasteiger partial charge in [0.1, 0.15) is 5.75 Å². The van der Waals surface area contributed by atoms with E-state index in [9.17, 15) is 4.79 Å². The minimum atomic E-state index is -1.07. The van der Waals surface area contributed by atoms with Crippen LogP contribution in [0.1, 0.15) is 21.6 Å². The van der Waals surface area contributed by atoms with Gasteiger partial charge in [-0.2, -0.15) is 0 Å². The molecule has 0 aliphatic rings. The van der Waals surface area contributed by atoms with Crippen molar-refractivity contribution >= 4 is 5.97 Å². The second-order valence-corrected chi connectivity index (χ2v) is 4.38. The molecule has 0 unspecified atom stereocenters. The molecule has 1 N–H and O–H groups in total. The molecular weight excluding hydrogens is 242 g/mol. The van der Waals surface area contributed by atoms with E-state index in [2.05, 4.69) is 4.98 Å². The summed E-state index contributed by atoms with van der Waals surface area (Å²) in [6.45, 7) is 4.04. The molecule has 1 aromatic carbocycles. The molecule has 0 amide bonds. The number of ether oxygens (including phenoxy) is 1. The molecule has 0 atom stereocenters. The average Bonchev–Trinajstić information content (AvgIpc) is 2.41. The lowest BCUT2D eigenvalue weighted by atomic mass is 10.0. The molecule has 0 aliphatic heterocycles. The monoisotopic (exact) mass is 257 g/mol. The summed E-state index contributed by atoms with van der Waals surface area (Å²) < 4.78 is 5.12. The Morgan fingerprint density at radius 2 is 1.89 bits per heavy atom. The van der Waals surface area contributed by atoms with Crippen molar-refractivity contribution in [1.82, 2.24) is 4.98 Å². The van der Waals surface area contributed by atoms with Crippen LogP contribution in [0, 0.1) is 13.8 Å². The Morgan fingerprint density at radius 3 is 2.47 bits per heavy atom. The molecule has 0 spiro atoms. The van der Waals surface area contributed by atoms with Crippen molar-refractivity contribution < 1.29 is 14.6 Å². The van der Waals surface area contributed by atoms with E-state index in [4.69, 9.17) is 9.84 Å². The van der Waals surface area contributed by atoms with E-state index < -0.39 is 5.97 Å². The van der Waals surface area contributed by atoms with Crippen LogP contribution in [0.4, 0.5) is 0 Å². The van der Waals surface area contributed by atoms with Gasteiger partial charge >= 0.3 is 5.97 Å². The van der Waals surface area contributed by atoms with Crippen molar-refractivity contribution in [3.8, 4) is 17.0 Å². The number of benzene rings is 1. The van der Waals surface area contributed by atoms with Gasteiger partial charge in [0.05, 0.1) is 12.8 Å². The molecule has 2 aromatic rings.